The fourth-order valence-electron chi connectivity index (χ4n) is 5.41. The Morgan fingerprint density at radius 1 is 0.909 bits per heavy atom. The molecule has 2 saturated heterocycles. The Morgan fingerprint density at radius 2 is 1.67 bits per heavy atom. The van der Waals surface area contributed by atoms with E-state index in [0.717, 1.165) is 70.3 Å². The number of fused-ring (bicyclic) bond motifs is 1. The van der Waals surface area contributed by atoms with Crippen molar-refractivity contribution < 1.29 is 14.7 Å². The molecule has 2 heterocycles. The molecule has 0 bridgehead atoms. The van der Waals surface area contributed by atoms with E-state index in [9.17, 15) is 9.59 Å². The van der Waals surface area contributed by atoms with Crippen LogP contribution >= 0.6 is 0 Å². The predicted octanol–water partition coefficient (Wildman–Crippen LogP) is 4.93. The third-order valence-corrected chi connectivity index (χ3v) is 7.24. The number of carboxylic acids is 1. The van der Waals surface area contributed by atoms with E-state index in [-0.39, 0.29) is 12.3 Å². The minimum atomic E-state index is -0.717. The molecule has 33 heavy (non-hydrogen) atoms. The van der Waals surface area contributed by atoms with Crippen molar-refractivity contribution in [3.05, 3.63) is 65.7 Å². The van der Waals surface area contributed by atoms with E-state index < -0.39 is 5.97 Å². The Morgan fingerprint density at radius 3 is 2.42 bits per heavy atom. The van der Waals surface area contributed by atoms with Gasteiger partial charge in [-0.15, -0.1) is 0 Å². The van der Waals surface area contributed by atoms with E-state index in [1.165, 1.54) is 11.1 Å². The quantitative estimate of drug-likeness (QED) is 0.523. The van der Waals surface area contributed by atoms with Crippen LogP contribution in [0.25, 0.3) is 0 Å². The van der Waals surface area contributed by atoms with Gasteiger partial charge in [0.15, 0.2) is 0 Å². The summed E-state index contributed by atoms with van der Waals surface area (Å²) in [6, 6.07) is 19.5. The van der Waals surface area contributed by atoms with E-state index in [2.05, 4.69) is 64.4 Å². The summed E-state index contributed by atoms with van der Waals surface area (Å²) in [6.45, 7) is 3.21. The highest BCUT2D eigenvalue weighted by atomic mass is 16.4. The standard InChI is InChI=1S/C28H36N2O3/c31-27-16-13-24-21-29(19-17-22-7-3-1-4-8-22)20-18-26(24)30(27)25-14-11-23(12-15-25)9-5-2-6-10-28(32)33/h1,3-4,7-8,11-12,14-15,24,26H,2,5-6,9-10,13,16-21H2,(H,32,33). The van der Waals surface area contributed by atoms with Crippen LogP contribution in [0.2, 0.25) is 0 Å². The summed E-state index contributed by atoms with van der Waals surface area (Å²) >= 11 is 0. The number of rotatable bonds is 10. The molecular weight excluding hydrogens is 412 g/mol. The third-order valence-electron chi connectivity index (χ3n) is 7.24. The third kappa shape index (κ3) is 6.44. The number of benzene rings is 2. The number of hydrogen-bond donors (Lipinski definition) is 1. The second kappa shape index (κ2) is 11.5. The second-order valence-corrected chi connectivity index (χ2v) is 9.58. The lowest BCUT2D eigenvalue weighted by molar-refractivity contribution is -0.137. The molecule has 2 aliphatic heterocycles. The molecular formula is C28H36N2O3. The van der Waals surface area contributed by atoms with Crippen LogP contribution < -0.4 is 4.90 Å². The van der Waals surface area contributed by atoms with E-state index in [1.807, 2.05) is 0 Å². The molecule has 0 aliphatic carbocycles. The van der Waals surface area contributed by atoms with Crippen LogP contribution in [0.15, 0.2) is 54.6 Å². The van der Waals surface area contributed by atoms with E-state index in [0.29, 0.717) is 18.4 Å². The van der Waals surface area contributed by atoms with Gasteiger partial charge in [-0.05, 0) is 67.7 Å². The number of aliphatic carboxylic acids is 1. The largest absolute Gasteiger partial charge is 0.481 e. The lowest BCUT2D eigenvalue weighted by Gasteiger charge is -2.47. The van der Waals surface area contributed by atoms with Gasteiger partial charge in [-0.2, -0.15) is 0 Å². The molecule has 2 aromatic carbocycles. The number of nitrogens with zero attached hydrogens (tertiary/aromatic N) is 2. The Bertz CT molecular complexity index is 912. The molecule has 0 spiro atoms. The number of unbranched alkanes of at least 4 members (excludes halogenated alkanes) is 2. The van der Waals surface area contributed by atoms with Crippen molar-refractivity contribution in [1.29, 1.82) is 0 Å². The predicted molar refractivity (Wildman–Crippen MR) is 131 cm³/mol. The van der Waals surface area contributed by atoms with Crippen LogP contribution in [0.1, 0.15) is 56.1 Å². The molecule has 0 radical (unpaired) electrons. The molecule has 5 nitrogen and oxygen atoms in total. The van der Waals surface area contributed by atoms with Crippen molar-refractivity contribution in [1.82, 2.24) is 4.90 Å². The molecule has 0 saturated carbocycles. The van der Waals surface area contributed by atoms with Crippen molar-refractivity contribution in [2.45, 2.75) is 63.8 Å². The molecule has 2 aliphatic rings. The first-order valence-electron chi connectivity index (χ1n) is 12.5. The average molecular weight is 449 g/mol. The Kier molecular flexibility index (Phi) is 8.16. The second-order valence-electron chi connectivity index (χ2n) is 9.58. The highest BCUT2D eigenvalue weighted by Crippen LogP contribution is 2.35. The Balaban J connectivity index is 1.30. The normalized spacial score (nSPS) is 21.1. The van der Waals surface area contributed by atoms with Crippen molar-refractivity contribution in [2.75, 3.05) is 24.5 Å². The lowest BCUT2D eigenvalue weighted by Crippen LogP contribution is -2.56. The molecule has 176 valence electrons. The fourth-order valence-corrected chi connectivity index (χ4v) is 5.41. The molecule has 2 fully saturated rings. The van der Waals surface area contributed by atoms with Crippen LogP contribution in [0.4, 0.5) is 5.69 Å². The number of hydrogen-bond acceptors (Lipinski definition) is 3. The zero-order valence-electron chi connectivity index (χ0n) is 19.5. The Hall–Kier alpha value is -2.66. The Labute approximate surface area is 197 Å². The van der Waals surface area contributed by atoms with E-state index in [1.54, 1.807) is 0 Å². The zero-order chi connectivity index (χ0) is 23.0. The van der Waals surface area contributed by atoms with Gasteiger partial charge >= 0.3 is 5.97 Å². The maximum atomic E-state index is 12.9. The van der Waals surface area contributed by atoms with Gasteiger partial charge in [0.1, 0.15) is 0 Å². The molecule has 2 atom stereocenters. The van der Waals surface area contributed by atoms with Crippen LogP contribution in [0.5, 0.6) is 0 Å². The number of likely N-dealkylation sites (tertiary alicyclic amines) is 1. The number of amides is 1. The summed E-state index contributed by atoms with van der Waals surface area (Å²) in [6.07, 6.45) is 7.63. The molecule has 2 aromatic rings. The number of piperidine rings is 2. The smallest absolute Gasteiger partial charge is 0.303 e. The number of carbonyl (C=O) groups is 2. The highest BCUT2D eigenvalue weighted by Gasteiger charge is 2.39. The lowest BCUT2D eigenvalue weighted by atomic mass is 9.83. The fraction of sp³-hybridized carbons (Fsp3) is 0.500. The minimum absolute atomic E-state index is 0.252. The van der Waals surface area contributed by atoms with Gasteiger partial charge in [-0.3, -0.25) is 9.59 Å². The molecule has 0 aromatic heterocycles. The van der Waals surface area contributed by atoms with Gasteiger partial charge in [0, 0.05) is 44.2 Å². The first kappa shape index (κ1) is 23.5. The van der Waals surface area contributed by atoms with Gasteiger partial charge < -0.3 is 14.9 Å². The SMILES string of the molecule is O=C(O)CCCCCc1ccc(N2C(=O)CCC3CN(CCc4ccccc4)CCC32)cc1. The van der Waals surface area contributed by atoms with Gasteiger partial charge in [0.05, 0.1) is 0 Å². The number of carboxylic acid groups (broad SMARTS) is 1. The van der Waals surface area contributed by atoms with E-state index >= 15 is 0 Å². The van der Waals surface area contributed by atoms with Crippen molar-refractivity contribution >= 4 is 17.6 Å². The highest BCUT2D eigenvalue weighted by molar-refractivity contribution is 5.94. The molecule has 1 N–H and O–H groups in total. The molecule has 1 amide bonds. The van der Waals surface area contributed by atoms with E-state index in [4.69, 9.17) is 5.11 Å². The van der Waals surface area contributed by atoms with Gasteiger partial charge in [0.2, 0.25) is 5.91 Å². The topological polar surface area (TPSA) is 60.9 Å². The summed E-state index contributed by atoms with van der Waals surface area (Å²) in [5, 5.41) is 8.74. The first-order valence-corrected chi connectivity index (χ1v) is 12.5. The molecule has 5 heteroatoms. The maximum Gasteiger partial charge on any atom is 0.303 e. The summed E-state index contributed by atoms with van der Waals surface area (Å²) in [5.74, 6) is 0.0856. The monoisotopic (exact) mass is 448 g/mol. The van der Waals surface area contributed by atoms with Gasteiger partial charge in [-0.25, -0.2) is 0 Å². The maximum absolute atomic E-state index is 12.9. The van der Waals surface area contributed by atoms with Crippen LogP contribution in [0.3, 0.4) is 0 Å². The van der Waals surface area contributed by atoms with Gasteiger partial charge in [0.25, 0.3) is 0 Å². The summed E-state index contributed by atoms with van der Waals surface area (Å²) in [5.41, 5.74) is 3.68. The van der Waals surface area contributed by atoms with Crippen LogP contribution in [-0.4, -0.2) is 47.6 Å². The number of carbonyl (C=O) groups excluding carboxylic acids is 1. The summed E-state index contributed by atoms with van der Waals surface area (Å²) in [7, 11) is 0. The zero-order valence-corrected chi connectivity index (χ0v) is 19.5. The van der Waals surface area contributed by atoms with Crippen molar-refractivity contribution in [3.63, 3.8) is 0 Å². The van der Waals surface area contributed by atoms with Gasteiger partial charge in [-0.1, -0.05) is 48.9 Å². The molecule has 4 rings (SSSR count). The first-order chi connectivity index (χ1) is 16.1. The van der Waals surface area contributed by atoms with Crippen LogP contribution in [-0.2, 0) is 22.4 Å². The van der Waals surface area contributed by atoms with Crippen molar-refractivity contribution in [3.8, 4) is 0 Å². The summed E-state index contributed by atoms with van der Waals surface area (Å²) in [4.78, 5) is 28.2. The minimum Gasteiger partial charge on any atom is -0.481 e. The van der Waals surface area contributed by atoms with Crippen molar-refractivity contribution in [2.24, 2.45) is 5.92 Å². The van der Waals surface area contributed by atoms with Crippen LogP contribution in [0, 0.1) is 5.92 Å². The summed E-state index contributed by atoms with van der Waals surface area (Å²) < 4.78 is 0. The number of aryl methyl sites for hydroxylation is 1. The average Bonchev–Trinajstić information content (AvgIpc) is 2.83. The number of anilines is 1. The molecule has 2 unspecified atom stereocenters.